The van der Waals surface area contributed by atoms with Crippen molar-refractivity contribution in [1.29, 1.82) is 0 Å². The van der Waals surface area contributed by atoms with Crippen LogP contribution in [0.25, 0.3) is 10.8 Å². The molecule has 0 aliphatic rings. The normalized spacial score (nSPS) is 10.9. The van der Waals surface area contributed by atoms with Crippen molar-refractivity contribution in [2.45, 2.75) is 71.1 Å². The van der Waals surface area contributed by atoms with E-state index in [0.717, 1.165) is 23.6 Å². The first-order chi connectivity index (χ1) is 13.6. The standard InChI is InChI=1S/C24H32O4/c1-2-3-4-5-6-7-8-9-10-11-16-28-24(27)21-15-13-19-12-14-20(23(25)26)17-22(19)18-21/h12-15,17-18H,2-11,16H2,1H3,(H,25,26). The van der Waals surface area contributed by atoms with Gasteiger partial charge in [-0.25, -0.2) is 9.59 Å². The van der Waals surface area contributed by atoms with E-state index < -0.39 is 5.97 Å². The van der Waals surface area contributed by atoms with E-state index in [-0.39, 0.29) is 11.5 Å². The maximum atomic E-state index is 12.2. The fraction of sp³-hybridized carbons (Fsp3) is 0.500. The van der Waals surface area contributed by atoms with Crippen LogP contribution in [0.5, 0.6) is 0 Å². The number of hydrogen-bond donors (Lipinski definition) is 1. The van der Waals surface area contributed by atoms with E-state index in [4.69, 9.17) is 9.84 Å². The fourth-order valence-corrected chi connectivity index (χ4v) is 3.34. The Bertz CT molecular complexity index is 766. The lowest BCUT2D eigenvalue weighted by Crippen LogP contribution is -2.06. The highest BCUT2D eigenvalue weighted by Gasteiger charge is 2.09. The van der Waals surface area contributed by atoms with Crippen LogP contribution in [0.1, 0.15) is 91.8 Å². The van der Waals surface area contributed by atoms with Crippen LogP contribution in [0.2, 0.25) is 0 Å². The maximum absolute atomic E-state index is 12.2. The van der Waals surface area contributed by atoms with Gasteiger partial charge in [-0.3, -0.25) is 0 Å². The third-order valence-corrected chi connectivity index (χ3v) is 5.05. The Morgan fingerprint density at radius 3 is 1.89 bits per heavy atom. The van der Waals surface area contributed by atoms with Crippen molar-refractivity contribution in [1.82, 2.24) is 0 Å². The molecule has 0 aromatic heterocycles. The number of esters is 1. The molecule has 0 bridgehead atoms. The highest BCUT2D eigenvalue weighted by atomic mass is 16.5. The Labute approximate surface area is 167 Å². The van der Waals surface area contributed by atoms with E-state index in [9.17, 15) is 9.59 Å². The average molecular weight is 385 g/mol. The molecule has 0 saturated heterocycles. The number of hydrogen-bond acceptors (Lipinski definition) is 3. The first-order valence-electron chi connectivity index (χ1n) is 10.6. The van der Waals surface area contributed by atoms with Crippen LogP contribution in [0, 0.1) is 0 Å². The van der Waals surface area contributed by atoms with Crippen molar-refractivity contribution < 1.29 is 19.4 Å². The van der Waals surface area contributed by atoms with Crippen molar-refractivity contribution in [3.8, 4) is 0 Å². The van der Waals surface area contributed by atoms with Gasteiger partial charge in [-0.05, 0) is 41.5 Å². The van der Waals surface area contributed by atoms with Gasteiger partial charge in [-0.2, -0.15) is 0 Å². The minimum absolute atomic E-state index is 0.211. The number of benzene rings is 2. The van der Waals surface area contributed by atoms with Gasteiger partial charge in [-0.1, -0.05) is 76.8 Å². The second-order valence-corrected chi connectivity index (χ2v) is 7.40. The van der Waals surface area contributed by atoms with Gasteiger partial charge in [0, 0.05) is 0 Å². The predicted molar refractivity (Wildman–Crippen MR) is 113 cm³/mol. The highest BCUT2D eigenvalue weighted by molar-refractivity contribution is 5.98. The predicted octanol–water partition coefficient (Wildman–Crippen LogP) is 6.62. The Kier molecular flexibility index (Phi) is 9.53. The van der Waals surface area contributed by atoms with Gasteiger partial charge < -0.3 is 9.84 Å². The molecule has 0 aliphatic heterocycles. The monoisotopic (exact) mass is 384 g/mol. The van der Waals surface area contributed by atoms with Crippen molar-refractivity contribution >= 4 is 22.7 Å². The van der Waals surface area contributed by atoms with Crippen LogP contribution in [-0.4, -0.2) is 23.7 Å². The van der Waals surface area contributed by atoms with Gasteiger partial charge >= 0.3 is 11.9 Å². The van der Waals surface area contributed by atoms with Gasteiger partial charge in [0.1, 0.15) is 0 Å². The highest BCUT2D eigenvalue weighted by Crippen LogP contribution is 2.19. The molecule has 4 heteroatoms. The van der Waals surface area contributed by atoms with Crippen molar-refractivity contribution in [3.05, 3.63) is 47.5 Å². The largest absolute Gasteiger partial charge is 0.478 e. The second kappa shape index (κ2) is 12.2. The van der Waals surface area contributed by atoms with Crippen LogP contribution in [-0.2, 0) is 4.74 Å². The summed E-state index contributed by atoms with van der Waals surface area (Å²) < 4.78 is 5.37. The van der Waals surface area contributed by atoms with E-state index in [0.29, 0.717) is 12.2 Å². The van der Waals surface area contributed by atoms with Crippen LogP contribution in [0.15, 0.2) is 36.4 Å². The Hall–Kier alpha value is -2.36. The number of ether oxygens (including phenoxy) is 1. The summed E-state index contributed by atoms with van der Waals surface area (Å²) in [6.07, 6.45) is 12.4. The fourth-order valence-electron chi connectivity index (χ4n) is 3.34. The summed E-state index contributed by atoms with van der Waals surface area (Å²) in [6, 6.07) is 10.1. The van der Waals surface area contributed by atoms with E-state index in [1.165, 1.54) is 51.4 Å². The number of carboxylic acids is 1. The molecule has 1 N–H and O–H groups in total. The number of aromatic carboxylic acids is 1. The second-order valence-electron chi connectivity index (χ2n) is 7.40. The number of carbonyl (C=O) groups excluding carboxylic acids is 1. The minimum Gasteiger partial charge on any atom is -0.478 e. The lowest BCUT2D eigenvalue weighted by molar-refractivity contribution is 0.0497. The summed E-state index contributed by atoms with van der Waals surface area (Å²) in [6.45, 7) is 2.67. The number of rotatable bonds is 13. The van der Waals surface area contributed by atoms with Gasteiger partial charge in [-0.15, -0.1) is 0 Å². The third-order valence-electron chi connectivity index (χ3n) is 5.05. The molecule has 0 amide bonds. The summed E-state index contributed by atoms with van der Waals surface area (Å²) in [5.74, 6) is -1.32. The molecule has 0 radical (unpaired) electrons. The van der Waals surface area contributed by atoms with E-state index in [1.807, 2.05) is 6.07 Å². The Morgan fingerprint density at radius 2 is 1.29 bits per heavy atom. The molecule has 2 rings (SSSR count). The SMILES string of the molecule is CCCCCCCCCCCCOC(=O)c1ccc2ccc(C(=O)O)cc2c1. The lowest BCUT2D eigenvalue weighted by atomic mass is 10.0. The Morgan fingerprint density at radius 1 is 0.750 bits per heavy atom. The molecule has 4 nitrogen and oxygen atoms in total. The first-order valence-corrected chi connectivity index (χ1v) is 10.6. The van der Waals surface area contributed by atoms with Gasteiger partial charge in [0.2, 0.25) is 0 Å². The van der Waals surface area contributed by atoms with Crippen molar-refractivity contribution in [2.24, 2.45) is 0 Å². The van der Waals surface area contributed by atoms with Crippen LogP contribution in [0.4, 0.5) is 0 Å². The van der Waals surface area contributed by atoms with Crippen molar-refractivity contribution in [2.75, 3.05) is 6.61 Å². The molecular formula is C24H32O4. The van der Waals surface area contributed by atoms with Crippen LogP contribution < -0.4 is 0 Å². The zero-order valence-corrected chi connectivity index (χ0v) is 16.9. The molecule has 0 saturated carbocycles. The maximum Gasteiger partial charge on any atom is 0.338 e. The van der Waals surface area contributed by atoms with Gasteiger partial charge in [0.15, 0.2) is 0 Å². The molecule has 2 aromatic rings. The van der Waals surface area contributed by atoms with E-state index in [2.05, 4.69) is 6.92 Å². The zero-order chi connectivity index (χ0) is 20.2. The molecular weight excluding hydrogens is 352 g/mol. The quantitative estimate of drug-likeness (QED) is 0.311. The molecule has 0 heterocycles. The molecule has 0 atom stereocenters. The summed E-state index contributed by atoms with van der Waals surface area (Å²) in [4.78, 5) is 23.3. The number of fused-ring (bicyclic) bond motifs is 1. The molecule has 0 fully saturated rings. The summed E-state index contributed by atoms with van der Waals surface area (Å²) in [5, 5.41) is 10.7. The van der Waals surface area contributed by atoms with E-state index in [1.54, 1.807) is 30.3 Å². The Balaban J connectivity index is 1.67. The van der Waals surface area contributed by atoms with Gasteiger partial charge in [0.05, 0.1) is 17.7 Å². The minimum atomic E-state index is -0.976. The first kappa shape index (κ1) is 21.9. The zero-order valence-electron chi connectivity index (χ0n) is 16.9. The van der Waals surface area contributed by atoms with Gasteiger partial charge in [0.25, 0.3) is 0 Å². The summed E-state index contributed by atoms with van der Waals surface area (Å²) in [7, 11) is 0. The molecule has 152 valence electrons. The smallest absolute Gasteiger partial charge is 0.338 e. The van der Waals surface area contributed by atoms with Crippen LogP contribution >= 0.6 is 0 Å². The molecule has 0 unspecified atom stereocenters. The van der Waals surface area contributed by atoms with E-state index >= 15 is 0 Å². The summed E-state index contributed by atoms with van der Waals surface area (Å²) in [5.41, 5.74) is 0.672. The molecule has 28 heavy (non-hydrogen) atoms. The number of carbonyl (C=O) groups is 2. The molecule has 0 aliphatic carbocycles. The number of unbranched alkanes of at least 4 members (excludes halogenated alkanes) is 9. The lowest BCUT2D eigenvalue weighted by Gasteiger charge is -2.07. The topological polar surface area (TPSA) is 63.6 Å². The van der Waals surface area contributed by atoms with Crippen molar-refractivity contribution in [3.63, 3.8) is 0 Å². The number of carboxylic acid groups (broad SMARTS) is 1. The summed E-state index contributed by atoms with van der Waals surface area (Å²) >= 11 is 0. The average Bonchev–Trinajstić information content (AvgIpc) is 2.71. The molecule has 2 aromatic carbocycles. The third kappa shape index (κ3) is 7.34. The molecule has 0 spiro atoms. The van der Waals surface area contributed by atoms with Crippen LogP contribution in [0.3, 0.4) is 0 Å².